The number of nitrogens with zero attached hydrogens (tertiary/aromatic N) is 8. The van der Waals surface area contributed by atoms with Crippen LogP contribution in [0.1, 0.15) is 175 Å². The molecule has 0 aliphatic carbocycles. The standard InChI is InChI=1S/C72H126N10O16/c1-25-53(69(91)75(17)18)74-66(88)63-64(48(13)30-29-31-60(86)95-24)98-82(63)72(94)61(47(11)12)80(23)71(93)56(40-45(7)8)78(21)70(92)55(39-44(5)6)77(20)67(89)50(15)73-65(87)49(14)41-57(83)54(38-43(3)4)76(19)68(90)52(46(9)10)42-58(84)62(79(22)59(85)26-2)51(16)97-35-28-27-32-81-33-36-96-37-34-81/h29,31,43-56,61-64H,25-28,30,32-42H2,1-24H3,(H,73,87)(H,74,88)/b31-29+/t48-,49-,50-,51-,52+,53+,54+,55+,56+,61+,62+,63+,64-/m1/s1. The number of carbonyl (C=O) groups is 12. The molecule has 0 radical (unpaired) electrons. The molecule has 560 valence electrons. The van der Waals surface area contributed by atoms with Crippen LogP contribution in [0, 0.1) is 47.3 Å². The van der Waals surface area contributed by atoms with Crippen LogP contribution in [0.3, 0.4) is 0 Å². The van der Waals surface area contributed by atoms with Gasteiger partial charge in [-0.3, -0.25) is 62.5 Å². The zero-order chi connectivity index (χ0) is 74.9. The van der Waals surface area contributed by atoms with Crippen LogP contribution >= 0.6 is 0 Å². The van der Waals surface area contributed by atoms with Crippen LogP contribution in [0.25, 0.3) is 0 Å². The van der Waals surface area contributed by atoms with E-state index in [1.54, 1.807) is 75.7 Å². The molecule has 0 aromatic rings. The number of nitrogens with one attached hydrogen (secondary N) is 2. The predicted molar refractivity (Wildman–Crippen MR) is 374 cm³/mol. The SMILES string of the molecule is CCC(=O)N(C)[C@H](C(=O)C[C@H](C(=O)N(C)[C@@H](CC(C)C)C(=O)C[C@@H](C)C(=O)N[C@H](C)C(=O)N(C)[C@@H](CC(C)C)C(=O)N(C)[C@@H](CC(C)C)C(=O)N(C)[C@H](C(=O)N1O[C@H]([C@H](C)C/C=C/C(=O)OC)[C@H]1C(=O)N[C@@H](CC)C(=O)N(C)C)C(C)C)C(C)C)[C@@H](C)OCCCCN1CCOCC1. The molecule has 0 bridgehead atoms. The normalized spacial score (nSPS) is 18.5. The van der Waals surface area contributed by atoms with Gasteiger partial charge in [-0.05, 0) is 101 Å². The summed E-state index contributed by atoms with van der Waals surface area (Å²) in [6, 6.07) is -8.83. The van der Waals surface area contributed by atoms with Crippen LogP contribution in [0.15, 0.2) is 12.2 Å². The summed E-state index contributed by atoms with van der Waals surface area (Å²) < 4.78 is 16.4. The lowest BCUT2D eigenvalue weighted by molar-refractivity contribution is -0.321. The van der Waals surface area contributed by atoms with Crippen LogP contribution in [0.2, 0.25) is 0 Å². The van der Waals surface area contributed by atoms with E-state index >= 15 is 9.59 Å². The fourth-order valence-electron chi connectivity index (χ4n) is 12.7. The Morgan fingerprint density at radius 1 is 0.592 bits per heavy atom. The van der Waals surface area contributed by atoms with Crippen molar-refractivity contribution in [1.29, 1.82) is 0 Å². The van der Waals surface area contributed by atoms with Crippen molar-refractivity contribution in [3.05, 3.63) is 12.2 Å². The Morgan fingerprint density at radius 2 is 1.12 bits per heavy atom. The minimum atomic E-state index is -1.24. The summed E-state index contributed by atoms with van der Waals surface area (Å²) in [4.78, 5) is 186. The van der Waals surface area contributed by atoms with Gasteiger partial charge in [0, 0.05) is 106 Å². The van der Waals surface area contributed by atoms with E-state index < -0.39 is 137 Å². The van der Waals surface area contributed by atoms with Crippen molar-refractivity contribution in [3.63, 3.8) is 0 Å². The molecular weight excluding hydrogens is 1260 g/mol. The smallest absolute Gasteiger partial charge is 0.330 e. The lowest BCUT2D eigenvalue weighted by Gasteiger charge is -2.50. The molecule has 2 N–H and O–H groups in total. The number of ether oxygens (including phenoxy) is 3. The molecule has 26 nitrogen and oxygen atoms in total. The second-order valence-electron chi connectivity index (χ2n) is 29.3. The van der Waals surface area contributed by atoms with Gasteiger partial charge in [-0.25, -0.2) is 9.86 Å². The molecule has 9 amide bonds. The van der Waals surface area contributed by atoms with Gasteiger partial charge in [0.1, 0.15) is 42.4 Å². The lowest BCUT2D eigenvalue weighted by atomic mass is 9.85. The Morgan fingerprint density at radius 3 is 1.62 bits per heavy atom. The number of hydroxylamine groups is 2. The molecule has 2 heterocycles. The van der Waals surface area contributed by atoms with Crippen LogP contribution in [-0.4, -0.2) is 267 Å². The largest absolute Gasteiger partial charge is 0.466 e. The van der Waals surface area contributed by atoms with Crippen LogP contribution < -0.4 is 10.6 Å². The van der Waals surface area contributed by atoms with Crippen molar-refractivity contribution in [2.45, 2.75) is 236 Å². The monoisotopic (exact) mass is 1390 g/mol. The fourth-order valence-corrected chi connectivity index (χ4v) is 12.7. The van der Waals surface area contributed by atoms with Gasteiger partial charge in [0.15, 0.2) is 17.6 Å². The second-order valence-corrected chi connectivity index (χ2v) is 29.3. The summed E-state index contributed by atoms with van der Waals surface area (Å²) in [6.45, 7) is 33.0. The van der Waals surface area contributed by atoms with Gasteiger partial charge >= 0.3 is 5.97 Å². The predicted octanol–water partition coefficient (Wildman–Crippen LogP) is 5.42. The summed E-state index contributed by atoms with van der Waals surface area (Å²) >= 11 is 0. The maximum Gasteiger partial charge on any atom is 0.330 e. The molecule has 13 atom stereocenters. The highest BCUT2D eigenvalue weighted by Gasteiger charge is 2.54. The van der Waals surface area contributed by atoms with E-state index in [2.05, 4.69) is 15.5 Å². The van der Waals surface area contributed by atoms with Gasteiger partial charge in [0.05, 0.1) is 32.5 Å². The zero-order valence-electron chi connectivity index (χ0n) is 64.0. The van der Waals surface area contributed by atoms with Crippen molar-refractivity contribution < 1.29 is 76.6 Å². The minimum Gasteiger partial charge on any atom is -0.466 e. The molecule has 2 rings (SSSR count). The molecule has 0 unspecified atom stereocenters. The molecule has 2 fully saturated rings. The molecule has 0 saturated carbocycles. The van der Waals surface area contributed by atoms with Gasteiger partial charge in [0.2, 0.25) is 47.3 Å². The van der Waals surface area contributed by atoms with E-state index in [9.17, 15) is 47.9 Å². The molecule has 0 aromatic carbocycles. The Labute approximate surface area is 585 Å². The number of unbranched alkanes of at least 4 members (excludes halogenated alkanes) is 1. The van der Waals surface area contributed by atoms with E-state index in [1.807, 2.05) is 55.4 Å². The number of methoxy groups -OCH3 is 1. The van der Waals surface area contributed by atoms with Crippen molar-refractivity contribution in [3.8, 4) is 0 Å². The highest BCUT2D eigenvalue weighted by molar-refractivity contribution is 5.99. The van der Waals surface area contributed by atoms with Crippen molar-refractivity contribution in [2.24, 2.45) is 47.3 Å². The van der Waals surface area contributed by atoms with Gasteiger partial charge in [0.25, 0.3) is 5.91 Å². The number of rotatable bonds is 42. The average molecular weight is 1390 g/mol. The van der Waals surface area contributed by atoms with Crippen molar-refractivity contribution >= 4 is 70.7 Å². The van der Waals surface area contributed by atoms with E-state index in [4.69, 9.17) is 19.0 Å². The van der Waals surface area contributed by atoms with E-state index in [0.717, 1.165) is 37.5 Å². The summed E-state index contributed by atoms with van der Waals surface area (Å²) in [5.41, 5.74) is 0. The number of Topliss-reactive ketones (excluding diaryl/α,β-unsaturated/α-hetero) is 2. The molecule has 2 aliphatic heterocycles. The first-order valence-corrected chi connectivity index (χ1v) is 35.6. The highest BCUT2D eigenvalue weighted by atomic mass is 16.7. The fraction of sp³-hybridized carbons (Fsp3) is 0.806. The highest BCUT2D eigenvalue weighted by Crippen LogP contribution is 2.34. The quantitative estimate of drug-likeness (QED) is 0.0438. The molecule has 0 aromatic heterocycles. The first-order chi connectivity index (χ1) is 45.7. The summed E-state index contributed by atoms with van der Waals surface area (Å²) in [6.07, 6.45) is 3.64. The third kappa shape index (κ3) is 25.7. The summed E-state index contributed by atoms with van der Waals surface area (Å²) in [5, 5.41) is 6.48. The van der Waals surface area contributed by atoms with Gasteiger partial charge < -0.3 is 54.2 Å². The van der Waals surface area contributed by atoms with Crippen LogP contribution in [0.4, 0.5) is 0 Å². The second kappa shape index (κ2) is 42.0. The Bertz CT molecular complexity index is 2680. The molecule has 2 aliphatic rings. The first kappa shape index (κ1) is 87.7. The van der Waals surface area contributed by atoms with E-state index in [0.29, 0.717) is 19.8 Å². The Balaban J connectivity index is 2.39. The summed E-state index contributed by atoms with van der Waals surface area (Å²) in [5.74, 6) is -9.68. The third-order valence-electron chi connectivity index (χ3n) is 18.9. The van der Waals surface area contributed by atoms with Crippen molar-refractivity contribution in [2.75, 3.05) is 95.9 Å². The number of allylic oxidation sites excluding steroid dienone is 1. The van der Waals surface area contributed by atoms with Gasteiger partial charge in [-0.1, -0.05) is 103 Å². The minimum absolute atomic E-state index is 0.0663. The van der Waals surface area contributed by atoms with Crippen molar-refractivity contribution in [1.82, 2.24) is 50.0 Å². The number of ketones is 2. The number of carbonyl (C=O) groups excluding carboxylic acids is 12. The Hall–Kier alpha value is -6.38. The first-order valence-electron chi connectivity index (χ1n) is 35.6. The molecular formula is C72H126N10O16. The van der Waals surface area contributed by atoms with E-state index in [-0.39, 0.29) is 92.6 Å². The topological polar surface area (TPSA) is 292 Å². The molecule has 2 saturated heterocycles. The summed E-state index contributed by atoms with van der Waals surface area (Å²) in [7, 11) is 11.9. The molecule has 98 heavy (non-hydrogen) atoms. The van der Waals surface area contributed by atoms with Gasteiger partial charge in [-0.15, -0.1) is 0 Å². The van der Waals surface area contributed by atoms with Gasteiger partial charge in [-0.2, -0.15) is 0 Å². The van der Waals surface area contributed by atoms with Crippen LogP contribution in [-0.2, 0) is 76.6 Å². The zero-order valence-corrected chi connectivity index (χ0v) is 64.0. The maximum atomic E-state index is 15.1. The molecule has 0 spiro atoms. The van der Waals surface area contributed by atoms with E-state index in [1.165, 1.54) is 77.7 Å². The number of morpholine rings is 1. The average Bonchev–Trinajstić information content (AvgIpc) is 0.789. The molecule has 26 heteroatoms. The number of amides is 9. The number of hydrogen-bond acceptors (Lipinski definition) is 17. The lowest BCUT2D eigenvalue weighted by Crippen LogP contribution is -2.71. The van der Waals surface area contributed by atoms with Crippen LogP contribution in [0.5, 0.6) is 0 Å². The Kier molecular flexibility index (Phi) is 37.6. The third-order valence-corrected chi connectivity index (χ3v) is 18.9. The number of hydrogen-bond donors (Lipinski definition) is 2. The maximum absolute atomic E-state index is 15.1. The number of likely N-dealkylation sites (N-methyl/N-ethyl adjacent to an activating group) is 6. The number of esters is 1.